The first-order valence-corrected chi connectivity index (χ1v) is 2.91. The Morgan fingerprint density at radius 2 is 1.92 bits per heavy atom. The van der Waals surface area contributed by atoms with E-state index in [1.807, 2.05) is 0 Å². The third-order valence-corrected chi connectivity index (χ3v) is 0.883. The molecule has 0 radical (unpaired) electrons. The van der Waals surface area contributed by atoms with Crippen molar-refractivity contribution in [3.05, 3.63) is 12.3 Å². The molecule has 68 valence electrons. The largest absolute Gasteiger partial charge is 0.434 e. The lowest BCUT2D eigenvalue weighted by Crippen LogP contribution is -2.23. The minimum atomic E-state index is -4.71. The summed E-state index contributed by atoms with van der Waals surface area (Å²) in [7, 11) is 0. The van der Waals surface area contributed by atoms with E-state index in [2.05, 4.69) is 11.6 Å². The molecule has 0 saturated carbocycles. The number of alkyl halides is 3. The fraction of sp³-hybridized carbons (Fsp3) is 0.333. The Labute approximate surface area is 67.3 Å². The van der Waals surface area contributed by atoms with Crippen LogP contribution in [0.1, 0.15) is 6.92 Å². The van der Waals surface area contributed by atoms with Gasteiger partial charge in [0.15, 0.2) is 5.71 Å². The van der Waals surface area contributed by atoms with Crippen LogP contribution in [0.3, 0.4) is 0 Å². The molecule has 0 bridgehead atoms. The summed E-state index contributed by atoms with van der Waals surface area (Å²) in [5.41, 5.74) is 2.74. The van der Waals surface area contributed by atoms with E-state index in [-0.39, 0.29) is 5.84 Å². The van der Waals surface area contributed by atoms with Crippen molar-refractivity contribution in [2.45, 2.75) is 13.1 Å². The average molecular weight is 179 g/mol. The van der Waals surface area contributed by atoms with Gasteiger partial charge < -0.3 is 5.73 Å². The van der Waals surface area contributed by atoms with Gasteiger partial charge in [-0.3, -0.25) is 5.41 Å². The molecular weight excluding hydrogens is 171 g/mol. The van der Waals surface area contributed by atoms with Crippen LogP contribution in [0.15, 0.2) is 17.3 Å². The van der Waals surface area contributed by atoms with E-state index in [0.29, 0.717) is 0 Å². The first-order valence-electron chi connectivity index (χ1n) is 2.91. The molecule has 0 aliphatic heterocycles. The normalized spacial score (nSPS) is 12.8. The molecular formula is C6H8F3N3. The number of rotatable bonds is 2. The molecule has 0 amide bonds. The van der Waals surface area contributed by atoms with Crippen molar-refractivity contribution in [2.24, 2.45) is 10.7 Å². The Hall–Kier alpha value is -1.33. The summed E-state index contributed by atoms with van der Waals surface area (Å²) >= 11 is 0. The second-order valence-corrected chi connectivity index (χ2v) is 2.07. The minimum Gasteiger partial charge on any atom is -0.387 e. The van der Waals surface area contributed by atoms with Gasteiger partial charge in [0.1, 0.15) is 0 Å². The lowest BCUT2D eigenvalue weighted by molar-refractivity contribution is -0.0589. The fourth-order valence-electron chi connectivity index (χ4n) is 0.432. The molecule has 0 aliphatic rings. The zero-order chi connectivity index (χ0) is 9.94. The van der Waals surface area contributed by atoms with Crippen LogP contribution in [-0.4, -0.2) is 17.7 Å². The zero-order valence-corrected chi connectivity index (χ0v) is 6.37. The van der Waals surface area contributed by atoms with Gasteiger partial charge in [-0.25, -0.2) is 4.99 Å². The number of nitrogens with zero attached hydrogens (tertiary/aromatic N) is 1. The molecule has 0 aliphatic carbocycles. The Kier molecular flexibility index (Phi) is 3.00. The van der Waals surface area contributed by atoms with E-state index >= 15 is 0 Å². The second kappa shape index (κ2) is 3.38. The van der Waals surface area contributed by atoms with Crippen LogP contribution < -0.4 is 5.73 Å². The van der Waals surface area contributed by atoms with Gasteiger partial charge in [0.2, 0.25) is 0 Å². The fourth-order valence-corrected chi connectivity index (χ4v) is 0.432. The topological polar surface area (TPSA) is 62.2 Å². The summed E-state index contributed by atoms with van der Waals surface area (Å²) in [5.74, 6) is -0.0611. The smallest absolute Gasteiger partial charge is 0.387 e. The van der Waals surface area contributed by atoms with Crippen molar-refractivity contribution < 1.29 is 13.2 Å². The van der Waals surface area contributed by atoms with Crippen LogP contribution >= 0.6 is 0 Å². The number of hydrogen-bond donors (Lipinski definition) is 2. The molecule has 0 aromatic heterocycles. The lowest BCUT2D eigenvalue weighted by atomic mass is 10.3. The van der Waals surface area contributed by atoms with Crippen LogP contribution in [0.25, 0.3) is 0 Å². The number of hydrogen-bond acceptors (Lipinski definition) is 2. The number of amidine groups is 1. The molecule has 6 heteroatoms. The van der Waals surface area contributed by atoms with Gasteiger partial charge in [-0.15, -0.1) is 0 Å². The Morgan fingerprint density at radius 3 is 2.17 bits per heavy atom. The number of aliphatic imine (C=N–C) groups is 1. The van der Waals surface area contributed by atoms with Crippen molar-refractivity contribution in [2.75, 3.05) is 0 Å². The number of halogens is 3. The standard InChI is InChI=1S/C6H8F3N3/c1-3(12-4(2)10)5(11)6(7,8)9/h11H,1H2,2H3,(H2,10,12). The van der Waals surface area contributed by atoms with E-state index < -0.39 is 17.6 Å². The molecule has 0 atom stereocenters. The van der Waals surface area contributed by atoms with Gasteiger partial charge in [-0.2, -0.15) is 13.2 Å². The van der Waals surface area contributed by atoms with Crippen LogP contribution in [0.5, 0.6) is 0 Å². The molecule has 12 heavy (non-hydrogen) atoms. The highest BCUT2D eigenvalue weighted by atomic mass is 19.4. The van der Waals surface area contributed by atoms with Gasteiger partial charge >= 0.3 is 6.18 Å². The molecule has 0 unspecified atom stereocenters. The summed E-state index contributed by atoms with van der Waals surface area (Å²) in [6.45, 7) is 4.26. The number of nitrogens with two attached hydrogens (primary N) is 1. The third-order valence-electron chi connectivity index (χ3n) is 0.883. The van der Waals surface area contributed by atoms with Gasteiger partial charge in [0.25, 0.3) is 0 Å². The summed E-state index contributed by atoms with van der Waals surface area (Å²) < 4.78 is 35.3. The predicted octanol–water partition coefficient (Wildman–Crippen LogP) is 1.46. The molecule has 0 aromatic carbocycles. The van der Waals surface area contributed by atoms with Gasteiger partial charge in [0.05, 0.1) is 11.5 Å². The highest BCUT2D eigenvalue weighted by Crippen LogP contribution is 2.20. The van der Waals surface area contributed by atoms with E-state index in [1.54, 1.807) is 0 Å². The van der Waals surface area contributed by atoms with Crippen LogP contribution in [0.4, 0.5) is 13.2 Å². The molecule has 3 nitrogen and oxygen atoms in total. The van der Waals surface area contributed by atoms with E-state index in [4.69, 9.17) is 11.1 Å². The average Bonchev–Trinajstić information content (AvgIpc) is 1.82. The number of nitrogens with one attached hydrogen (secondary N) is 1. The zero-order valence-electron chi connectivity index (χ0n) is 6.37. The Bertz CT molecular complexity index is 235. The summed E-state index contributed by atoms with van der Waals surface area (Å²) in [6.07, 6.45) is -4.71. The molecule has 3 N–H and O–H groups in total. The van der Waals surface area contributed by atoms with E-state index in [1.165, 1.54) is 6.92 Å². The summed E-state index contributed by atoms with van der Waals surface area (Å²) in [4.78, 5) is 3.20. The van der Waals surface area contributed by atoms with Gasteiger partial charge in [-0.05, 0) is 6.92 Å². The SMILES string of the molecule is C=C(N=C(C)N)C(=N)C(F)(F)F. The monoisotopic (exact) mass is 179 g/mol. The van der Waals surface area contributed by atoms with Crippen molar-refractivity contribution in [3.63, 3.8) is 0 Å². The quantitative estimate of drug-likeness (QED) is 0.489. The predicted molar refractivity (Wildman–Crippen MR) is 40.2 cm³/mol. The Balaban J connectivity index is 4.54. The first kappa shape index (κ1) is 10.7. The van der Waals surface area contributed by atoms with Crippen molar-refractivity contribution in [3.8, 4) is 0 Å². The number of allylic oxidation sites excluding steroid dienone is 1. The lowest BCUT2D eigenvalue weighted by Gasteiger charge is -2.06. The summed E-state index contributed by atoms with van der Waals surface area (Å²) in [5, 5.41) is 6.55. The van der Waals surface area contributed by atoms with Gasteiger partial charge in [-0.1, -0.05) is 6.58 Å². The van der Waals surface area contributed by atoms with E-state index in [9.17, 15) is 13.2 Å². The molecule has 0 saturated heterocycles. The molecule has 0 aromatic rings. The molecule has 0 spiro atoms. The summed E-state index contributed by atoms with van der Waals surface area (Å²) in [6, 6.07) is 0. The van der Waals surface area contributed by atoms with E-state index in [0.717, 1.165) is 0 Å². The maximum Gasteiger partial charge on any atom is 0.434 e. The van der Waals surface area contributed by atoms with Crippen LogP contribution in [-0.2, 0) is 0 Å². The van der Waals surface area contributed by atoms with Gasteiger partial charge in [0, 0.05) is 0 Å². The first-order chi connectivity index (χ1) is 5.25. The maximum atomic E-state index is 11.8. The second-order valence-electron chi connectivity index (χ2n) is 2.07. The minimum absolute atomic E-state index is 0.0611. The molecule has 0 heterocycles. The highest BCUT2D eigenvalue weighted by molar-refractivity contribution is 6.02. The van der Waals surface area contributed by atoms with Crippen LogP contribution in [0.2, 0.25) is 0 Å². The van der Waals surface area contributed by atoms with Crippen LogP contribution in [0, 0.1) is 5.41 Å². The molecule has 0 fully saturated rings. The molecule has 0 rings (SSSR count). The van der Waals surface area contributed by atoms with Crippen molar-refractivity contribution in [1.29, 1.82) is 5.41 Å². The van der Waals surface area contributed by atoms with Crippen molar-refractivity contribution >= 4 is 11.5 Å². The van der Waals surface area contributed by atoms with Crippen molar-refractivity contribution in [1.82, 2.24) is 0 Å². The maximum absolute atomic E-state index is 11.8. The third kappa shape index (κ3) is 3.18. The Morgan fingerprint density at radius 1 is 1.50 bits per heavy atom. The highest BCUT2D eigenvalue weighted by Gasteiger charge is 2.36.